The van der Waals surface area contributed by atoms with Crippen molar-refractivity contribution >= 4 is 28.5 Å². The normalized spacial score (nSPS) is 11.2. The second-order valence-electron chi connectivity index (χ2n) is 5.43. The Kier molecular flexibility index (Phi) is 4.28. The summed E-state index contributed by atoms with van der Waals surface area (Å²) in [4.78, 5) is 21.6. The highest BCUT2D eigenvalue weighted by molar-refractivity contribution is 7.98. The molecule has 0 fully saturated rings. The number of benzene rings is 1. The van der Waals surface area contributed by atoms with Gasteiger partial charge >= 0.3 is 0 Å². The van der Waals surface area contributed by atoms with Crippen LogP contribution in [0.2, 0.25) is 0 Å². The number of nitrogen functional groups attached to an aromatic ring is 1. The third kappa shape index (κ3) is 2.65. The zero-order valence-corrected chi connectivity index (χ0v) is 14.4. The number of nitrogens with two attached hydrogens (primary N) is 1. The fourth-order valence-electron chi connectivity index (χ4n) is 2.71. The summed E-state index contributed by atoms with van der Waals surface area (Å²) in [6.45, 7) is 4.12. The molecule has 1 aromatic carbocycles. The van der Waals surface area contributed by atoms with Crippen LogP contribution in [0.1, 0.15) is 12.5 Å². The van der Waals surface area contributed by atoms with Crippen molar-refractivity contribution in [2.45, 2.75) is 25.5 Å². The van der Waals surface area contributed by atoms with Crippen LogP contribution >= 0.6 is 11.8 Å². The standard InChI is InChI=1S/C17H17FN4OS/c1-4-22-15-10(8-20-17(21-15)24-3)6-12(16(22)23)11-7-14(19)13(18)5-9(11)2/h5-8H,4,19H2,1-3H3. The summed E-state index contributed by atoms with van der Waals surface area (Å²) in [5, 5.41) is 1.37. The first kappa shape index (κ1) is 16.4. The highest BCUT2D eigenvalue weighted by atomic mass is 32.2. The van der Waals surface area contributed by atoms with Gasteiger partial charge in [0.2, 0.25) is 0 Å². The Morgan fingerprint density at radius 1 is 1.29 bits per heavy atom. The molecule has 0 aliphatic carbocycles. The maximum atomic E-state index is 13.6. The first-order valence-electron chi connectivity index (χ1n) is 7.46. The predicted molar refractivity (Wildman–Crippen MR) is 95.8 cm³/mol. The molecule has 3 aromatic rings. The van der Waals surface area contributed by atoms with Crippen molar-refractivity contribution in [3.63, 3.8) is 0 Å². The highest BCUT2D eigenvalue weighted by Crippen LogP contribution is 2.27. The molecular weight excluding hydrogens is 327 g/mol. The molecule has 0 saturated carbocycles. The SMILES string of the molecule is CCn1c(=O)c(-c2cc(N)c(F)cc2C)cc2cnc(SC)nc21. The number of aromatic nitrogens is 3. The van der Waals surface area contributed by atoms with Crippen LogP contribution in [-0.2, 0) is 6.54 Å². The van der Waals surface area contributed by atoms with Gasteiger partial charge in [0.05, 0.1) is 5.69 Å². The van der Waals surface area contributed by atoms with Gasteiger partial charge in [-0.15, -0.1) is 0 Å². The zero-order chi connectivity index (χ0) is 17.4. The minimum absolute atomic E-state index is 0.0205. The van der Waals surface area contributed by atoms with Crippen molar-refractivity contribution in [2.75, 3.05) is 12.0 Å². The summed E-state index contributed by atoms with van der Waals surface area (Å²) in [5.74, 6) is -0.485. The molecule has 5 nitrogen and oxygen atoms in total. The number of aryl methyl sites for hydroxylation is 2. The summed E-state index contributed by atoms with van der Waals surface area (Å²) >= 11 is 1.42. The number of fused-ring (bicyclic) bond motifs is 1. The molecule has 2 N–H and O–H groups in total. The lowest BCUT2D eigenvalue weighted by molar-refractivity contribution is 0.631. The summed E-state index contributed by atoms with van der Waals surface area (Å²) in [5.41, 5.74) is 7.87. The van der Waals surface area contributed by atoms with Crippen LogP contribution in [0.3, 0.4) is 0 Å². The van der Waals surface area contributed by atoms with E-state index in [2.05, 4.69) is 9.97 Å². The van der Waals surface area contributed by atoms with Crippen molar-refractivity contribution in [3.05, 3.63) is 46.1 Å². The van der Waals surface area contributed by atoms with Crippen LogP contribution in [-0.4, -0.2) is 20.8 Å². The number of anilines is 1. The Bertz CT molecular complexity index is 1000. The molecule has 3 rings (SSSR count). The molecule has 0 radical (unpaired) electrons. The molecule has 0 aliphatic heterocycles. The van der Waals surface area contributed by atoms with Gasteiger partial charge in [-0.05, 0) is 49.4 Å². The predicted octanol–water partition coefficient (Wildman–Crippen LogP) is 3.23. The fourth-order valence-corrected chi connectivity index (χ4v) is 3.04. The van der Waals surface area contributed by atoms with Gasteiger partial charge in [-0.25, -0.2) is 14.4 Å². The molecule has 0 unspecified atom stereocenters. The van der Waals surface area contributed by atoms with Crippen LogP contribution in [0.15, 0.2) is 34.3 Å². The quantitative estimate of drug-likeness (QED) is 0.449. The van der Waals surface area contributed by atoms with E-state index in [-0.39, 0.29) is 11.2 Å². The van der Waals surface area contributed by atoms with E-state index in [1.807, 2.05) is 13.2 Å². The summed E-state index contributed by atoms with van der Waals surface area (Å²) < 4.78 is 15.2. The van der Waals surface area contributed by atoms with Crippen molar-refractivity contribution in [3.8, 4) is 11.1 Å². The van der Waals surface area contributed by atoms with Gasteiger partial charge < -0.3 is 5.73 Å². The van der Waals surface area contributed by atoms with Gasteiger partial charge in [0.25, 0.3) is 5.56 Å². The lowest BCUT2D eigenvalue weighted by Crippen LogP contribution is -2.22. The zero-order valence-electron chi connectivity index (χ0n) is 13.6. The van der Waals surface area contributed by atoms with E-state index in [9.17, 15) is 9.18 Å². The number of halogens is 1. The largest absolute Gasteiger partial charge is 0.396 e. The van der Waals surface area contributed by atoms with Gasteiger partial charge in [-0.1, -0.05) is 11.8 Å². The van der Waals surface area contributed by atoms with Gasteiger partial charge in [-0.2, -0.15) is 0 Å². The lowest BCUT2D eigenvalue weighted by atomic mass is 10.00. The number of thioether (sulfide) groups is 1. The van der Waals surface area contributed by atoms with Crippen molar-refractivity contribution in [1.82, 2.24) is 14.5 Å². The maximum absolute atomic E-state index is 13.6. The number of hydrogen-bond donors (Lipinski definition) is 1. The first-order valence-corrected chi connectivity index (χ1v) is 8.69. The molecule has 7 heteroatoms. The average Bonchev–Trinajstić information content (AvgIpc) is 2.57. The monoisotopic (exact) mass is 344 g/mol. The smallest absolute Gasteiger partial charge is 0.260 e. The maximum Gasteiger partial charge on any atom is 0.260 e. The van der Waals surface area contributed by atoms with E-state index in [4.69, 9.17) is 5.73 Å². The average molecular weight is 344 g/mol. The number of hydrogen-bond acceptors (Lipinski definition) is 5. The van der Waals surface area contributed by atoms with E-state index < -0.39 is 5.82 Å². The number of pyridine rings is 1. The van der Waals surface area contributed by atoms with E-state index in [1.165, 1.54) is 23.9 Å². The molecule has 0 amide bonds. The van der Waals surface area contributed by atoms with Crippen LogP contribution < -0.4 is 11.3 Å². The molecule has 0 aliphatic rings. The summed E-state index contributed by atoms with van der Waals surface area (Å²) in [6, 6.07) is 4.59. The molecule has 0 saturated heterocycles. The minimum atomic E-state index is -0.485. The lowest BCUT2D eigenvalue weighted by Gasteiger charge is -2.13. The highest BCUT2D eigenvalue weighted by Gasteiger charge is 2.15. The van der Waals surface area contributed by atoms with E-state index in [0.717, 1.165) is 5.39 Å². The van der Waals surface area contributed by atoms with Crippen LogP contribution in [0.4, 0.5) is 10.1 Å². The molecule has 0 atom stereocenters. The summed E-state index contributed by atoms with van der Waals surface area (Å²) in [6.07, 6.45) is 3.58. The van der Waals surface area contributed by atoms with Gasteiger partial charge in [-0.3, -0.25) is 9.36 Å². The third-order valence-corrected chi connectivity index (χ3v) is 4.50. The van der Waals surface area contributed by atoms with Gasteiger partial charge in [0.15, 0.2) is 5.16 Å². The summed E-state index contributed by atoms with van der Waals surface area (Å²) in [7, 11) is 0. The second kappa shape index (κ2) is 6.24. The van der Waals surface area contributed by atoms with E-state index >= 15 is 0 Å². The third-order valence-electron chi connectivity index (χ3n) is 3.94. The molecule has 0 spiro atoms. The second-order valence-corrected chi connectivity index (χ2v) is 6.21. The molecule has 124 valence electrons. The Balaban J connectivity index is 2.36. The molecule has 2 aromatic heterocycles. The minimum Gasteiger partial charge on any atom is -0.396 e. The fraction of sp³-hybridized carbons (Fsp3) is 0.235. The Hall–Kier alpha value is -2.41. The molecule has 24 heavy (non-hydrogen) atoms. The van der Waals surface area contributed by atoms with Crippen molar-refractivity contribution < 1.29 is 4.39 Å². The Morgan fingerprint density at radius 2 is 2.04 bits per heavy atom. The van der Waals surface area contributed by atoms with Crippen molar-refractivity contribution in [1.29, 1.82) is 0 Å². The topological polar surface area (TPSA) is 73.8 Å². The number of rotatable bonds is 3. The van der Waals surface area contributed by atoms with Crippen molar-refractivity contribution in [2.24, 2.45) is 0 Å². The number of nitrogens with zero attached hydrogens (tertiary/aromatic N) is 3. The Labute approximate surface area is 142 Å². The Morgan fingerprint density at radius 3 is 2.71 bits per heavy atom. The van der Waals surface area contributed by atoms with Gasteiger partial charge in [0, 0.05) is 23.7 Å². The molecular formula is C17H17FN4OS. The van der Waals surface area contributed by atoms with Crippen LogP contribution in [0.25, 0.3) is 22.2 Å². The van der Waals surface area contributed by atoms with E-state index in [0.29, 0.717) is 34.0 Å². The van der Waals surface area contributed by atoms with Crippen LogP contribution in [0, 0.1) is 12.7 Å². The first-order chi connectivity index (χ1) is 11.5. The van der Waals surface area contributed by atoms with E-state index in [1.54, 1.807) is 23.8 Å². The molecule has 2 heterocycles. The van der Waals surface area contributed by atoms with Gasteiger partial charge in [0.1, 0.15) is 11.5 Å². The molecule has 0 bridgehead atoms. The van der Waals surface area contributed by atoms with Crippen LogP contribution in [0.5, 0.6) is 0 Å².